The molecule has 0 atom stereocenters. The summed E-state index contributed by atoms with van der Waals surface area (Å²) in [5, 5.41) is 9.42. The van der Waals surface area contributed by atoms with Gasteiger partial charge >= 0.3 is 5.97 Å². The first-order chi connectivity index (χ1) is 15.6. The number of esters is 1. The number of carbonyl (C=O) groups is 2. The Morgan fingerprint density at radius 3 is 2.24 bits per heavy atom. The Hall–Kier alpha value is -4.05. The first-order valence-electron chi connectivity index (χ1n) is 10.2. The molecule has 0 saturated heterocycles. The summed E-state index contributed by atoms with van der Waals surface area (Å²) in [6, 6.07) is 18.6. The van der Waals surface area contributed by atoms with Crippen molar-refractivity contribution in [2.45, 2.75) is 26.4 Å². The number of carbonyl (C=O) groups excluding carboxylic acids is 2. The Morgan fingerprint density at radius 1 is 0.970 bits per heavy atom. The van der Waals surface area contributed by atoms with Crippen molar-refractivity contribution in [3.05, 3.63) is 89.5 Å². The highest BCUT2D eigenvalue weighted by atomic mass is 19.1. The lowest BCUT2D eigenvalue weighted by molar-refractivity contribution is -0.152. The van der Waals surface area contributed by atoms with Gasteiger partial charge in [-0.1, -0.05) is 36.4 Å². The molecule has 168 valence electrons. The van der Waals surface area contributed by atoms with Crippen LogP contribution in [0.5, 0.6) is 0 Å². The SMILES string of the molecule is CC(C)(C)OC(=O)CN(C(=O)c1c(F)cccc1F)c1cccc(-c2ccccc2C#N)c1. The normalized spacial score (nSPS) is 10.9. The summed E-state index contributed by atoms with van der Waals surface area (Å²) >= 11 is 0. The average molecular weight is 448 g/mol. The molecule has 7 heteroatoms. The predicted molar refractivity (Wildman–Crippen MR) is 120 cm³/mol. The fourth-order valence-corrected chi connectivity index (χ4v) is 3.29. The van der Waals surface area contributed by atoms with Gasteiger partial charge in [0.15, 0.2) is 0 Å². The van der Waals surface area contributed by atoms with Gasteiger partial charge in [0.25, 0.3) is 5.91 Å². The molecule has 0 heterocycles. The lowest BCUT2D eigenvalue weighted by Crippen LogP contribution is -2.39. The van der Waals surface area contributed by atoms with Crippen LogP contribution in [0.15, 0.2) is 66.7 Å². The maximum absolute atomic E-state index is 14.4. The largest absolute Gasteiger partial charge is 0.459 e. The van der Waals surface area contributed by atoms with Crippen molar-refractivity contribution >= 4 is 17.6 Å². The van der Waals surface area contributed by atoms with E-state index in [0.29, 0.717) is 16.7 Å². The number of hydrogen-bond acceptors (Lipinski definition) is 4. The molecule has 3 aromatic carbocycles. The highest BCUT2D eigenvalue weighted by Gasteiger charge is 2.28. The van der Waals surface area contributed by atoms with E-state index in [1.807, 2.05) is 0 Å². The number of amides is 1. The molecule has 0 aliphatic carbocycles. The molecule has 33 heavy (non-hydrogen) atoms. The van der Waals surface area contributed by atoms with Crippen molar-refractivity contribution in [2.24, 2.45) is 0 Å². The summed E-state index contributed by atoms with van der Waals surface area (Å²) in [5.74, 6) is -3.85. The smallest absolute Gasteiger partial charge is 0.326 e. The van der Waals surface area contributed by atoms with Gasteiger partial charge in [0.05, 0.1) is 11.6 Å². The van der Waals surface area contributed by atoms with Crippen molar-refractivity contribution < 1.29 is 23.1 Å². The summed E-state index contributed by atoms with van der Waals surface area (Å²) < 4.78 is 34.1. The third-order valence-electron chi connectivity index (χ3n) is 4.65. The summed E-state index contributed by atoms with van der Waals surface area (Å²) in [4.78, 5) is 26.8. The van der Waals surface area contributed by atoms with Gasteiger partial charge in [0.2, 0.25) is 0 Å². The summed E-state index contributed by atoms with van der Waals surface area (Å²) in [6.45, 7) is 4.46. The van der Waals surface area contributed by atoms with Gasteiger partial charge in [-0.05, 0) is 62.2 Å². The van der Waals surface area contributed by atoms with Crippen LogP contribution in [-0.2, 0) is 9.53 Å². The molecule has 0 fully saturated rings. The first-order valence-corrected chi connectivity index (χ1v) is 10.2. The van der Waals surface area contributed by atoms with Crippen LogP contribution in [0, 0.1) is 23.0 Å². The zero-order valence-corrected chi connectivity index (χ0v) is 18.4. The fourth-order valence-electron chi connectivity index (χ4n) is 3.29. The van der Waals surface area contributed by atoms with Gasteiger partial charge in [0.1, 0.15) is 29.3 Å². The van der Waals surface area contributed by atoms with E-state index in [9.17, 15) is 23.6 Å². The zero-order valence-electron chi connectivity index (χ0n) is 18.4. The summed E-state index contributed by atoms with van der Waals surface area (Å²) in [5.41, 5.74) is 0.259. The third kappa shape index (κ3) is 5.60. The number of nitrogens with zero attached hydrogens (tertiary/aromatic N) is 2. The van der Waals surface area contributed by atoms with E-state index in [-0.39, 0.29) is 5.69 Å². The van der Waals surface area contributed by atoms with Crippen LogP contribution < -0.4 is 4.90 Å². The number of anilines is 1. The number of rotatable bonds is 5. The number of halogens is 2. The molecule has 3 aromatic rings. The van der Waals surface area contributed by atoms with Crippen LogP contribution in [0.3, 0.4) is 0 Å². The van der Waals surface area contributed by atoms with Gasteiger partial charge in [0, 0.05) is 5.69 Å². The molecular weight excluding hydrogens is 426 g/mol. The predicted octanol–water partition coefficient (Wildman–Crippen LogP) is 5.49. The van der Waals surface area contributed by atoms with E-state index in [1.54, 1.807) is 69.3 Å². The minimum absolute atomic E-state index is 0.221. The highest BCUT2D eigenvalue weighted by Crippen LogP contribution is 2.29. The number of hydrogen-bond donors (Lipinski definition) is 0. The monoisotopic (exact) mass is 448 g/mol. The lowest BCUT2D eigenvalue weighted by Gasteiger charge is -2.26. The van der Waals surface area contributed by atoms with E-state index >= 15 is 0 Å². The minimum atomic E-state index is -1.04. The molecule has 0 saturated carbocycles. The van der Waals surface area contributed by atoms with Gasteiger partial charge in [-0.25, -0.2) is 8.78 Å². The second kappa shape index (κ2) is 9.61. The van der Waals surface area contributed by atoms with E-state index in [0.717, 1.165) is 23.1 Å². The van der Waals surface area contributed by atoms with Crippen LogP contribution in [-0.4, -0.2) is 24.0 Å². The molecule has 0 unspecified atom stereocenters. The van der Waals surface area contributed by atoms with Crippen LogP contribution in [0.1, 0.15) is 36.7 Å². The Balaban J connectivity index is 2.09. The topological polar surface area (TPSA) is 70.4 Å². The van der Waals surface area contributed by atoms with Crippen molar-refractivity contribution in [3.8, 4) is 17.2 Å². The molecule has 0 aliphatic heterocycles. The maximum Gasteiger partial charge on any atom is 0.326 e. The van der Waals surface area contributed by atoms with Crippen molar-refractivity contribution in [1.29, 1.82) is 5.26 Å². The maximum atomic E-state index is 14.4. The first kappa shape index (κ1) is 23.6. The Labute approximate surface area is 190 Å². The molecule has 0 bridgehead atoms. The standard InChI is InChI=1S/C26H22F2N2O3/c1-26(2,3)33-23(31)16-30(25(32)24-21(27)12-7-13-22(24)28)19-10-6-9-17(14-19)20-11-5-4-8-18(20)15-29/h4-14H,16H2,1-3H3. The molecule has 5 nitrogen and oxygen atoms in total. The lowest BCUT2D eigenvalue weighted by atomic mass is 9.99. The second-order valence-corrected chi connectivity index (χ2v) is 8.28. The van der Waals surface area contributed by atoms with Crippen LogP contribution >= 0.6 is 0 Å². The quantitative estimate of drug-likeness (QED) is 0.484. The molecule has 3 rings (SSSR count). The van der Waals surface area contributed by atoms with Crippen molar-refractivity contribution in [1.82, 2.24) is 0 Å². The van der Waals surface area contributed by atoms with E-state index < -0.39 is 41.2 Å². The molecular formula is C26H22F2N2O3. The van der Waals surface area contributed by atoms with Gasteiger partial charge in [-0.2, -0.15) is 5.26 Å². The number of benzene rings is 3. The average Bonchev–Trinajstić information content (AvgIpc) is 2.76. The molecule has 0 spiro atoms. The summed E-state index contributed by atoms with van der Waals surface area (Å²) in [7, 11) is 0. The van der Waals surface area contributed by atoms with Crippen molar-refractivity contribution in [3.63, 3.8) is 0 Å². The molecule has 0 N–H and O–H groups in total. The van der Waals surface area contributed by atoms with Crippen LogP contribution in [0.2, 0.25) is 0 Å². The van der Waals surface area contributed by atoms with Crippen LogP contribution in [0.25, 0.3) is 11.1 Å². The van der Waals surface area contributed by atoms with Crippen LogP contribution in [0.4, 0.5) is 14.5 Å². The number of nitriles is 1. The second-order valence-electron chi connectivity index (χ2n) is 8.28. The van der Waals surface area contributed by atoms with Gasteiger partial charge < -0.3 is 4.74 Å². The zero-order chi connectivity index (χ0) is 24.2. The van der Waals surface area contributed by atoms with Gasteiger partial charge in [-0.15, -0.1) is 0 Å². The van der Waals surface area contributed by atoms with E-state index in [1.165, 1.54) is 0 Å². The molecule has 0 aliphatic rings. The molecule has 0 radical (unpaired) electrons. The Bertz CT molecular complexity index is 1220. The number of ether oxygens (including phenoxy) is 1. The highest BCUT2D eigenvalue weighted by molar-refractivity contribution is 6.09. The molecule has 0 aromatic heterocycles. The van der Waals surface area contributed by atoms with E-state index in [2.05, 4.69) is 6.07 Å². The van der Waals surface area contributed by atoms with Crippen molar-refractivity contribution in [2.75, 3.05) is 11.4 Å². The van der Waals surface area contributed by atoms with Gasteiger partial charge in [-0.3, -0.25) is 14.5 Å². The third-order valence-corrected chi connectivity index (χ3v) is 4.65. The molecule has 1 amide bonds. The summed E-state index contributed by atoms with van der Waals surface area (Å²) in [6.07, 6.45) is 0. The fraction of sp³-hybridized carbons (Fsp3) is 0.192. The Kier molecular flexibility index (Phi) is 6.88. The van der Waals surface area contributed by atoms with E-state index in [4.69, 9.17) is 4.74 Å². The Morgan fingerprint density at radius 2 is 1.61 bits per heavy atom. The minimum Gasteiger partial charge on any atom is -0.459 e.